The van der Waals surface area contributed by atoms with Crippen LogP contribution in [0.5, 0.6) is 0 Å². The van der Waals surface area contributed by atoms with E-state index in [9.17, 15) is 0 Å². The van der Waals surface area contributed by atoms with Crippen LogP contribution in [0, 0.1) is 0 Å². The van der Waals surface area contributed by atoms with Crippen molar-refractivity contribution in [1.82, 2.24) is 4.90 Å². The van der Waals surface area contributed by atoms with Gasteiger partial charge in [0.15, 0.2) is 0 Å². The summed E-state index contributed by atoms with van der Waals surface area (Å²) in [7, 11) is 1.43. The Morgan fingerprint density at radius 2 is 1.62 bits per heavy atom. The summed E-state index contributed by atoms with van der Waals surface area (Å²) in [4.78, 5) is 2.04. The fourth-order valence-corrected chi connectivity index (χ4v) is 5.46. The lowest BCUT2D eigenvalue weighted by atomic mass is 10.2. The lowest BCUT2D eigenvalue weighted by molar-refractivity contribution is -0.0150. The van der Waals surface area contributed by atoms with E-state index in [2.05, 4.69) is 19.6 Å². The molecule has 2 unspecified atom stereocenters. The van der Waals surface area contributed by atoms with E-state index in [1.165, 1.54) is 6.42 Å². The third-order valence-electron chi connectivity index (χ3n) is 3.45. The minimum Gasteiger partial charge on any atom is -0.374 e. The third-order valence-corrected chi connectivity index (χ3v) is 7.09. The maximum absolute atomic E-state index is 6.22. The first-order valence-corrected chi connectivity index (χ1v) is 10.7. The van der Waals surface area contributed by atoms with Crippen molar-refractivity contribution < 1.29 is 13.3 Å². The minimum atomic E-state index is -2.59. The fraction of sp³-hybridized carbons (Fsp3) is 1.00. The van der Waals surface area contributed by atoms with Gasteiger partial charge in [0.1, 0.15) is 6.23 Å². The average molecular weight is 338 g/mol. The van der Waals surface area contributed by atoms with E-state index in [4.69, 9.17) is 13.3 Å². The second kappa shape index (κ2) is 11.9. The molecule has 0 fully saturated rings. The molecule has 0 bridgehead atoms. The van der Waals surface area contributed by atoms with Crippen LogP contribution in [0.3, 0.4) is 0 Å². The van der Waals surface area contributed by atoms with Crippen molar-refractivity contribution in [2.24, 2.45) is 0 Å². The van der Waals surface area contributed by atoms with Crippen LogP contribution in [0.1, 0.15) is 53.4 Å². The Kier molecular flexibility index (Phi) is 12.1. The summed E-state index contributed by atoms with van der Waals surface area (Å²) in [6.07, 6.45) is 4.47. The monoisotopic (exact) mass is 337 g/mol. The molecular weight excluding hydrogens is 302 g/mol. The van der Waals surface area contributed by atoms with Crippen molar-refractivity contribution in [3.63, 3.8) is 0 Å². The third kappa shape index (κ3) is 9.20. The number of rotatable bonds is 13. The maximum atomic E-state index is 6.22. The van der Waals surface area contributed by atoms with Crippen LogP contribution in [-0.4, -0.2) is 52.5 Å². The molecule has 2 atom stereocenters. The lowest BCUT2D eigenvalue weighted by Gasteiger charge is -2.34. The van der Waals surface area contributed by atoms with Crippen LogP contribution < -0.4 is 0 Å². The summed E-state index contributed by atoms with van der Waals surface area (Å²) >= 11 is 4.63. The molecule has 0 spiro atoms. The fourth-order valence-electron chi connectivity index (χ4n) is 2.15. The molecular formula is C15H35NO3SSi. The molecule has 6 heteroatoms. The zero-order valence-corrected chi connectivity index (χ0v) is 16.6. The Bertz CT molecular complexity index is 251. The molecule has 0 saturated heterocycles. The number of nitrogens with zero attached hydrogens (tertiary/aromatic N) is 1. The van der Waals surface area contributed by atoms with Crippen molar-refractivity contribution in [3.8, 4) is 0 Å². The first kappa shape index (κ1) is 21.4. The van der Waals surface area contributed by atoms with E-state index in [-0.39, 0.29) is 6.23 Å². The molecule has 21 heavy (non-hydrogen) atoms. The Hall–Kier alpha value is 0.407. The predicted molar refractivity (Wildman–Crippen MR) is 95.0 cm³/mol. The van der Waals surface area contributed by atoms with Gasteiger partial charge in [-0.05, 0) is 54.1 Å². The molecule has 4 nitrogen and oxygen atoms in total. The molecule has 0 aliphatic rings. The van der Waals surface area contributed by atoms with Gasteiger partial charge in [-0.15, -0.1) is 0 Å². The summed E-state index contributed by atoms with van der Waals surface area (Å²) in [5.41, 5.74) is 0. The molecule has 0 aliphatic carbocycles. The van der Waals surface area contributed by atoms with Gasteiger partial charge in [-0.3, -0.25) is 4.90 Å². The second-order valence-electron chi connectivity index (χ2n) is 5.56. The van der Waals surface area contributed by atoms with E-state index in [1.54, 1.807) is 0 Å². The summed E-state index contributed by atoms with van der Waals surface area (Å²) in [5, 5.41) is 0.469. The van der Waals surface area contributed by atoms with Gasteiger partial charge < -0.3 is 13.3 Å². The standard InChI is InChI=1S/C15H35NO3SSi/c1-7-11-15(20)12-10-13-21(17-8-2,18-9-3)19-14(4)16(5)6/h14-15,20H,7-13H2,1-6H3. The van der Waals surface area contributed by atoms with Crippen molar-refractivity contribution in [1.29, 1.82) is 0 Å². The first-order valence-electron chi connectivity index (χ1n) is 8.20. The number of hydrogen-bond donors (Lipinski definition) is 1. The van der Waals surface area contributed by atoms with Crippen LogP contribution in [-0.2, 0) is 13.3 Å². The highest BCUT2D eigenvalue weighted by atomic mass is 32.1. The molecule has 0 aliphatic heterocycles. The Morgan fingerprint density at radius 1 is 1.05 bits per heavy atom. The summed E-state index contributed by atoms with van der Waals surface area (Å²) < 4.78 is 18.2. The quantitative estimate of drug-likeness (QED) is 0.315. The summed E-state index contributed by atoms with van der Waals surface area (Å²) in [6.45, 7) is 9.51. The topological polar surface area (TPSA) is 30.9 Å². The zero-order valence-electron chi connectivity index (χ0n) is 14.7. The van der Waals surface area contributed by atoms with Gasteiger partial charge in [0.05, 0.1) is 0 Å². The second-order valence-corrected chi connectivity index (χ2v) is 8.97. The van der Waals surface area contributed by atoms with Crippen LogP contribution in [0.2, 0.25) is 6.04 Å². The zero-order chi connectivity index (χ0) is 16.3. The van der Waals surface area contributed by atoms with Crippen LogP contribution >= 0.6 is 12.6 Å². The van der Waals surface area contributed by atoms with E-state index in [1.807, 2.05) is 39.8 Å². The molecule has 0 aromatic heterocycles. The Balaban J connectivity index is 4.61. The van der Waals surface area contributed by atoms with E-state index in [0.29, 0.717) is 18.5 Å². The smallest absolute Gasteiger partial charge is 0.374 e. The predicted octanol–water partition coefficient (Wildman–Crippen LogP) is 3.80. The van der Waals surface area contributed by atoms with E-state index in [0.717, 1.165) is 25.3 Å². The molecule has 0 amide bonds. The molecule has 128 valence electrons. The molecule has 0 heterocycles. The van der Waals surface area contributed by atoms with E-state index < -0.39 is 8.80 Å². The van der Waals surface area contributed by atoms with Crippen LogP contribution in [0.15, 0.2) is 0 Å². The Labute approximate surface area is 138 Å². The SMILES string of the molecule is CCCC(S)CCC[Si](OCC)(OCC)OC(C)N(C)C. The molecule has 0 saturated carbocycles. The molecule has 0 rings (SSSR count). The highest BCUT2D eigenvalue weighted by Gasteiger charge is 2.42. The first-order chi connectivity index (χ1) is 9.90. The molecule has 0 N–H and O–H groups in total. The van der Waals surface area contributed by atoms with E-state index >= 15 is 0 Å². The molecule has 0 aromatic rings. The van der Waals surface area contributed by atoms with Gasteiger partial charge >= 0.3 is 8.80 Å². The number of thiol groups is 1. The van der Waals surface area contributed by atoms with Crippen LogP contribution in [0.4, 0.5) is 0 Å². The van der Waals surface area contributed by atoms with Gasteiger partial charge in [-0.25, -0.2) is 0 Å². The normalized spacial score (nSPS) is 15.4. The summed E-state index contributed by atoms with van der Waals surface area (Å²) in [5.74, 6) is 0. The Morgan fingerprint density at radius 3 is 2.05 bits per heavy atom. The van der Waals surface area contributed by atoms with Crippen LogP contribution in [0.25, 0.3) is 0 Å². The molecule has 0 radical (unpaired) electrons. The summed E-state index contributed by atoms with van der Waals surface area (Å²) in [6, 6.07) is 0.869. The van der Waals surface area contributed by atoms with Gasteiger partial charge in [-0.2, -0.15) is 12.6 Å². The van der Waals surface area contributed by atoms with Gasteiger partial charge in [0, 0.05) is 24.5 Å². The highest BCUT2D eigenvalue weighted by Crippen LogP contribution is 2.24. The average Bonchev–Trinajstić information content (AvgIpc) is 2.39. The van der Waals surface area contributed by atoms with Gasteiger partial charge in [0.25, 0.3) is 0 Å². The molecule has 0 aromatic carbocycles. The number of hydrogen-bond acceptors (Lipinski definition) is 5. The minimum absolute atomic E-state index is 0.00259. The van der Waals surface area contributed by atoms with Gasteiger partial charge in [-0.1, -0.05) is 13.3 Å². The maximum Gasteiger partial charge on any atom is 0.502 e. The van der Waals surface area contributed by atoms with Crippen molar-refractivity contribution in [2.75, 3.05) is 27.3 Å². The largest absolute Gasteiger partial charge is 0.502 e. The highest BCUT2D eigenvalue weighted by molar-refractivity contribution is 7.80. The van der Waals surface area contributed by atoms with Gasteiger partial charge in [0.2, 0.25) is 0 Å². The van der Waals surface area contributed by atoms with Crippen molar-refractivity contribution in [2.45, 2.75) is 70.9 Å². The van der Waals surface area contributed by atoms with Crippen molar-refractivity contribution >= 4 is 21.4 Å². The lowest BCUT2D eigenvalue weighted by Crippen LogP contribution is -2.50. The van der Waals surface area contributed by atoms with Crippen molar-refractivity contribution in [3.05, 3.63) is 0 Å².